The number of hydrogen-bond acceptors (Lipinski definition) is 5. The maximum atomic E-state index is 12.1. The van der Waals surface area contributed by atoms with Crippen molar-refractivity contribution >= 4 is 18.1 Å². The molecule has 2 aromatic rings. The van der Waals surface area contributed by atoms with Gasteiger partial charge in [-0.2, -0.15) is 0 Å². The van der Waals surface area contributed by atoms with Gasteiger partial charge in [0, 0.05) is 21.9 Å². The van der Waals surface area contributed by atoms with Gasteiger partial charge in [-0.1, -0.05) is 30.9 Å². The van der Waals surface area contributed by atoms with Crippen LogP contribution in [-0.4, -0.2) is 26.4 Å². The third-order valence-electron chi connectivity index (χ3n) is 6.19. The lowest BCUT2D eigenvalue weighted by Crippen LogP contribution is -2.33. The van der Waals surface area contributed by atoms with Crippen molar-refractivity contribution in [2.75, 3.05) is 0 Å². The van der Waals surface area contributed by atoms with Gasteiger partial charge in [0.05, 0.1) is 5.92 Å². The van der Waals surface area contributed by atoms with Crippen molar-refractivity contribution in [2.24, 2.45) is 23.7 Å². The number of hydrogen-bond donors (Lipinski definition) is 4. The molecule has 2 aromatic carbocycles. The molecule has 6 nitrogen and oxygen atoms in total. The van der Waals surface area contributed by atoms with Crippen LogP contribution in [0, 0.1) is 23.7 Å². The van der Waals surface area contributed by atoms with E-state index in [-0.39, 0.29) is 40.8 Å². The molecule has 0 saturated heterocycles. The van der Waals surface area contributed by atoms with Crippen LogP contribution in [-0.2, 0) is 4.79 Å². The molecule has 2 bridgehead atoms. The summed E-state index contributed by atoms with van der Waals surface area (Å²) in [5.74, 6) is -2.67. The molecule has 0 amide bonds. The number of fused-ring (bicyclic) bond motifs is 4. The van der Waals surface area contributed by atoms with Crippen molar-refractivity contribution in [3.05, 3.63) is 52.4 Å². The Hall–Kier alpha value is -3.41. The van der Waals surface area contributed by atoms with Gasteiger partial charge in [0.1, 0.15) is 0 Å². The minimum Gasteiger partial charge on any atom is -0.504 e. The summed E-state index contributed by atoms with van der Waals surface area (Å²) in [5.41, 5.74) is 1.22. The fourth-order valence-corrected chi connectivity index (χ4v) is 4.96. The van der Waals surface area contributed by atoms with Gasteiger partial charge in [-0.15, -0.1) is 0 Å². The van der Waals surface area contributed by atoms with Crippen molar-refractivity contribution in [2.45, 2.75) is 6.42 Å². The summed E-state index contributed by atoms with van der Waals surface area (Å²) < 4.78 is 5.78. The summed E-state index contributed by atoms with van der Waals surface area (Å²) in [6.45, 7) is 3.77. The number of carboxylic acid groups (broad SMARTS) is 1. The molecule has 142 valence electrons. The lowest BCUT2D eigenvalue weighted by molar-refractivity contribution is -0.143. The number of phenolic OH excluding ortho intramolecular Hbond substituents is 3. The van der Waals surface area contributed by atoms with Crippen LogP contribution >= 0.6 is 0 Å². The highest BCUT2D eigenvalue weighted by atomic mass is 16.5. The van der Waals surface area contributed by atoms with Crippen LogP contribution in [0.25, 0.3) is 12.2 Å². The maximum Gasteiger partial charge on any atom is 0.307 e. The number of carboxylic acids is 1. The van der Waals surface area contributed by atoms with Gasteiger partial charge in [-0.3, -0.25) is 4.79 Å². The van der Waals surface area contributed by atoms with E-state index < -0.39 is 17.6 Å². The maximum absolute atomic E-state index is 12.1. The highest BCUT2D eigenvalue weighted by molar-refractivity contribution is 5.84. The van der Waals surface area contributed by atoms with Crippen molar-refractivity contribution in [1.82, 2.24) is 0 Å². The average molecular weight is 378 g/mol. The summed E-state index contributed by atoms with van der Waals surface area (Å²) in [5, 5.41) is 41.7. The van der Waals surface area contributed by atoms with E-state index in [2.05, 4.69) is 6.58 Å². The molecule has 1 fully saturated rings. The lowest BCUT2D eigenvalue weighted by atomic mass is 9.74. The van der Waals surface area contributed by atoms with Gasteiger partial charge in [-0.05, 0) is 36.0 Å². The normalized spacial score (nSPS) is 26.6. The third kappa shape index (κ3) is 2.05. The van der Waals surface area contributed by atoms with E-state index in [1.165, 1.54) is 6.07 Å². The standard InChI is InChI=1S/C22H18O6/c1-9-2-5-12-17(15-10-3-4-11(8-10)16(15)22(26)27)13-6-7-14(23)19(25)21(13)28-20(12)18(9)24/h2-7,10-11,15-16,23-25H,1,8H2,(H,26,27). The first kappa shape index (κ1) is 16.7. The van der Waals surface area contributed by atoms with Gasteiger partial charge in [0.25, 0.3) is 0 Å². The Balaban J connectivity index is 1.88. The van der Waals surface area contributed by atoms with Crippen LogP contribution in [0.2, 0.25) is 0 Å². The van der Waals surface area contributed by atoms with Gasteiger partial charge >= 0.3 is 5.97 Å². The van der Waals surface area contributed by atoms with E-state index in [1.807, 2.05) is 12.2 Å². The van der Waals surface area contributed by atoms with Gasteiger partial charge in [0.2, 0.25) is 5.75 Å². The van der Waals surface area contributed by atoms with Crippen LogP contribution in [0.3, 0.4) is 0 Å². The quantitative estimate of drug-likeness (QED) is 0.471. The Morgan fingerprint density at radius 2 is 1.75 bits per heavy atom. The second kappa shape index (κ2) is 5.55. The molecule has 1 aliphatic heterocycles. The number of aliphatic carboxylic acids is 1. The first-order chi connectivity index (χ1) is 13.4. The van der Waals surface area contributed by atoms with Crippen LogP contribution in [0.1, 0.15) is 12.0 Å². The van der Waals surface area contributed by atoms with Crippen molar-refractivity contribution < 1.29 is 30.0 Å². The number of phenols is 3. The number of ether oxygens (including phenoxy) is 1. The van der Waals surface area contributed by atoms with Crippen LogP contribution in [0.5, 0.6) is 28.7 Å². The summed E-state index contributed by atoms with van der Waals surface area (Å²) >= 11 is 0. The fourth-order valence-electron chi connectivity index (χ4n) is 4.96. The smallest absolute Gasteiger partial charge is 0.307 e. The molecule has 4 N–H and O–H groups in total. The molecule has 4 unspecified atom stereocenters. The predicted molar refractivity (Wildman–Crippen MR) is 101 cm³/mol. The van der Waals surface area contributed by atoms with Crippen molar-refractivity contribution in [3.63, 3.8) is 0 Å². The monoisotopic (exact) mass is 378 g/mol. The number of benzene rings is 2. The molecule has 3 aliphatic rings. The first-order valence-electron chi connectivity index (χ1n) is 9.08. The van der Waals surface area contributed by atoms with E-state index in [1.54, 1.807) is 18.2 Å². The van der Waals surface area contributed by atoms with E-state index in [0.717, 1.165) is 6.42 Å². The van der Waals surface area contributed by atoms with Gasteiger partial charge in [0.15, 0.2) is 23.0 Å². The van der Waals surface area contributed by atoms with E-state index >= 15 is 0 Å². The molecule has 0 radical (unpaired) electrons. The summed E-state index contributed by atoms with van der Waals surface area (Å²) in [6, 6.07) is 6.39. The lowest BCUT2D eigenvalue weighted by Gasteiger charge is -2.31. The highest BCUT2D eigenvalue weighted by Gasteiger charge is 2.51. The first-order valence-corrected chi connectivity index (χ1v) is 9.08. The predicted octanol–water partition coefficient (Wildman–Crippen LogP) is 2.04. The highest BCUT2D eigenvalue weighted by Crippen LogP contribution is 2.56. The van der Waals surface area contributed by atoms with Crippen LogP contribution in [0.15, 0.2) is 36.4 Å². The SMILES string of the molecule is C=c1ccc2c(c1O)Oc1c(ccc(O)c1O)C=2C1C2C=CC(C2)C1C(=O)O. The van der Waals surface area contributed by atoms with E-state index in [9.17, 15) is 25.2 Å². The second-order valence-corrected chi connectivity index (χ2v) is 7.61. The average Bonchev–Trinajstić information content (AvgIpc) is 3.28. The Labute approximate surface area is 160 Å². The molecule has 4 atom stereocenters. The van der Waals surface area contributed by atoms with Gasteiger partial charge < -0.3 is 25.2 Å². The van der Waals surface area contributed by atoms with Crippen molar-refractivity contribution in [3.8, 4) is 28.7 Å². The van der Waals surface area contributed by atoms with E-state index in [4.69, 9.17) is 4.74 Å². The summed E-state index contributed by atoms with van der Waals surface area (Å²) in [6.07, 6.45) is 4.76. The largest absolute Gasteiger partial charge is 0.504 e. The molecule has 0 spiro atoms. The minimum atomic E-state index is -0.870. The zero-order valence-electron chi connectivity index (χ0n) is 14.8. The van der Waals surface area contributed by atoms with Gasteiger partial charge in [-0.25, -0.2) is 0 Å². The molecule has 2 aliphatic carbocycles. The molecule has 1 heterocycles. The third-order valence-corrected chi connectivity index (χ3v) is 6.19. The minimum absolute atomic E-state index is 0.0132. The summed E-state index contributed by atoms with van der Waals surface area (Å²) in [4.78, 5) is 12.1. The molecule has 0 aromatic heterocycles. The summed E-state index contributed by atoms with van der Waals surface area (Å²) in [7, 11) is 0. The number of carbonyl (C=O) groups is 1. The molecule has 1 saturated carbocycles. The molecular weight excluding hydrogens is 360 g/mol. The molecule has 5 rings (SSSR count). The van der Waals surface area contributed by atoms with Crippen LogP contribution in [0.4, 0.5) is 0 Å². The number of rotatable bonds is 2. The number of allylic oxidation sites excluding steroid dienone is 2. The topological polar surface area (TPSA) is 107 Å². The molecular formula is C22H18O6. The van der Waals surface area contributed by atoms with Crippen molar-refractivity contribution in [1.29, 1.82) is 0 Å². The van der Waals surface area contributed by atoms with Crippen LogP contribution < -0.4 is 15.2 Å². The Kier molecular flexibility index (Phi) is 3.32. The Bertz CT molecular complexity index is 1180. The zero-order valence-corrected chi connectivity index (χ0v) is 14.8. The fraction of sp³-hybridized carbons (Fsp3) is 0.227. The van der Waals surface area contributed by atoms with E-state index in [0.29, 0.717) is 21.6 Å². The Morgan fingerprint density at radius 1 is 1.00 bits per heavy atom. The zero-order chi connectivity index (χ0) is 19.7. The second-order valence-electron chi connectivity index (χ2n) is 7.61. The molecule has 28 heavy (non-hydrogen) atoms. The Morgan fingerprint density at radius 3 is 2.50 bits per heavy atom. The number of aromatic hydroxyl groups is 3. The molecule has 6 heteroatoms.